The van der Waals surface area contributed by atoms with E-state index in [2.05, 4.69) is 31.0 Å². The topological polar surface area (TPSA) is 12.5 Å². The van der Waals surface area contributed by atoms with Crippen LogP contribution in [0.15, 0.2) is 12.2 Å². The molecule has 2 nitrogen and oxygen atoms in total. The van der Waals surface area contributed by atoms with Crippen molar-refractivity contribution in [1.82, 2.24) is 4.90 Å². The Morgan fingerprint density at radius 2 is 1.26 bits per heavy atom. The van der Waals surface area contributed by atoms with E-state index >= 15 is 0 Å². The Morgan fingerprint density at radius 1 is 0.741 bits per heavy atom. The number of unbranched alkanes of at least 4 members (excludes halogenated alkanes) is 14. The summed E-state index contributed by atoms with van der Waals surface area (Å²) in [5, 5.41) is 0. The minimum Gasteiger partial charge on any atom is -0.377 e. The summed E-state index contributed by atoms with van der Waals surface area (Å²) in [5.74, 6) is 0. The minimum absolute atomic E-state index is 0.509. The highest BCUT2D eigenvalue weighted by atomic mass is 16.5. The zero-order valence-corrected chi connectivity index (χ0v) is 18.7. The monoisotopic (exact) mass is 379 g/mol. The first-order chi connectivity index (χ1) is 13.3. The molecule has 27 heavy (non-hydrogen) atoms. The molecule has 1 saturated heterocycles. The second-order valence-corrected chi connectivity index (χ2v) is 8.69. The van der Waals surface area contributed by atoms with Gasteiger partial charge in [-0.05, 0) is 45.6 Å². The minimum atomic E-state index is 0.509. The van der Waals surface area contributed by atoms with Gasteiger partial charge >= 0.3 is 0 Å². The molecule has 1 heterocycles. The van der Waals surface area contributed by atoms with E-state index in [0.717, 1.165) is 13.2 Å². The molecule has 2 heteroatoms. The van der Waals surface area contributed by atoms with Crippen LogP contribution in [0.2, 0.25) is 0 Å². The van der Waals surface area contributed by atoms with Gasteiger partial charge in [-0.15, -0.1) is 0 Å². The summed E-state index contributed by atoms with van der Waals surface area (Å²) in [4.78, 5) is 2.37. The van der Waals surface area contributed by atoms with Crippen molar-refractivity contribution in [2.75, 3.05) is 26.7 Å². The van der Waals surface area contributed by atoms with Crippen LogP contribution in [0.4, 0.5) is 0 Å². The molecule has 0 bridgehead atoms. The molecule has 0 amide bonds. The van der Waals surface area contributed by atoms with Crippen LogP contribution in [0.5, 0.6) is 0 Å². The van der Waals surface area contributed by atoms with Crippen molar-refractivity contribution in [2.45, 2.75) is 122 Å². The summed E-state index contributed by atoms with van der Waals surface area (Å²) in [7, 11) is 2.19. The van der Waals surface area contributed by atoms with E-state index < -0.39 is 0 Å². The van der Waals surface area contributed by atoms with Crippen LogP contribution < -0.4 is 0 Å². The number of ether oxygens (including phenoxy) is 1. The van der Waals surface area contributed by atoms with Crippen molar-refractivity contribution in [2.24, 2.45) is 0 Å². The first-order valence-corrected chi connectivity index (χ1v) is 12.3. The molecule has 1 unspecified atom stereocenters. The molecule has 1 fully saturated rings. The average Bonchev–Trinajstić information content (AvgIpc) is 3.09. The van der Waals surface area contributed by atoms with Crippen LogP contribution in [0, 0.1) is 0 Å². The molecular formula is C25H49NO. The Bertz CT molecular complexity index is 328. The number of likely N-dealkylation sites (N-methyl/N-ethyl adjacent to an activating group) is 1. The van der Waals surface area contributed by atoms with Gasteiger partial charge in [-0.2, -0.15) is 0 Å². The fourth-order valence-corrected chi connectivity index (χ4v) is 3.98. The molecule has 0 spiro atoms. The molecule has 0 aromatic heterocycles. The smallest absolute Gasteiger partial charge is 0.0714 e. The molecule has 0 aliphatic carbocycles. The molecule has 1 aliphatic rings. The van der Waals surface area contributed by atoms with Gasteiger partial charge < -0.3 is 9.64 Å². The molecule has 1 rings (SSSR count). The number of likely N-dealkylation sites (tertiary alicyclic amines) is 1. The van der Waals surface area contributed by atoms with Gasteiger partial charge in [-0.25, -0.2) is 0 Å². The van der Waals surface area contributed by atoms with Crippen LogP contribution in [-0.2, 0) is 4.74 Å². The van der Waals surface area contributed by atoms with Crippen molar-refractivity contribution in [3.63, 3.8) is 0 Å². The highest BCUT2D eigenvalue weighted by Crippen LogP contribution is 2.13. The lowest BCUT2D eigenvalue weighted by molar-refractivity contribution is 0.0581. The number of rotatable bonds is 19. The van der Waals surface area contributed by atoms with E-state index in [1.807, 2.05) is 0 Å². The van der Waals surface area contributed by atoms with Gasteiger partial charge in [0.05, 0.1) is 6.10 Å². The van der Waals surface area contributed by atoms with E-state index in [1.54, 1.807) is 0 Å². The van der Waals surface area contributed by atoms with E-state index in [1.165, 1.54) is 116 Å². The maximum atomic E-state index is 5.95. The second kappa shape index (κ2) is 19.0. The van der Waals surface area contributed by atoms with Gasteiger partial charge in [0.2, 0.25) is 0 Å². The highest BCUT2D eigenvalue weighted by Gasteiger charge is 2.19. The third-order valence-corrected chi connectivity index (χ3v) is 5.86. The standard InChI is InChI=1S/C25H49NO/c1-3-4-5-6-7-8-9-10-11-12-13-14-15-16-17-18-19-20-23-27-25-21-22-26(2)24-25/h10-11,25H,3-9,12-24H2,1-2H3/b11-10-. The van der Waals surface area contributed by atoms with E-state index in [-0.39, 0.29) is 0 Å². The van der Waals surface area contributed by atoms with Gasteiger partial charge in [-0.3, -0.25) is 0 Å². The van der Waals surface area contributed by atoms with Crippen LogP contribution in [0.1, 0.15) is 116 Å². The summed E-state index contributed by atoms with van der Waals surface area (Å²) >= 11 is 0. The lowest BCUT2D eigenvalue weighted by Gasteiger charge is -2.11. The Morgan fingerprint density at radius 3 is 1.78 bits per heavy atom. The quantitative estimate of drug-likeness (QED) is 0.170. The molecule has 1 atom stereocenters. The summed E-state index contributed by atoms with van der Waals surface area (Å²) in [6.45, 7) is 5.60. The number of hydrogen-bond acceptors (Lipinski definition) is 2. The number of allylic oxidation sites excluding steroid dienone is 2. The van der Waals surface area contributed by atoms with Crippen LogP contribution in [-0.4, -0.2) is 37.7 Å². The predicted molar refractivity (Wildman–Crippen MR) is 121 cm³/mol. The fraction of sp³-hybridized carbons (Fsp3) is 0.920. The summed E-state index contributed by atoms with van der Waals surface area (Å²) in [5.41, 5.74) is 0. The molecular weight excluding hydrogens is 330 g/mol. The van der Waals surface area contributed by atoms with Crippen LogP contribution >= 0.6 is 0 Å². The zero-order valence-electron chi connectivity index (χ0n) is 18.7. The van der Waals surface area contributed by atoms with E-state index in [0.29, 0.717) is 6.10 Å². The lowest BCUT2D eigenvalue weighted by atomic mass is 10.1. The van der Waals surface area contributed by atoms with Crippen LogP contribution in [0.3, 0.4) is 0 Å². The molecule has 1 aliphatic heterocycles. The summed E-state index contributed by atoms with van der Waals surface area (Å²) in [6, 6.07) is 0. The summed E-state index contributed by atoms with van der Waals surface area (Å²) < 4.78 is 5.95. The fourth-order valence-electron chi connectivity index (χ4n) is 3.98. The number of hydrogen-bond donors (Lipinski definition) is 0. The second-order valence-electron chi connectivity index (χ2n) is 8.69. The van der Waals surface area contributed by atoms with Gasteiger partial charge in [0.15, 0.2) is 0 Å². The van der Waals surface area contributed by atoms with Crippen molar-refractivity contribution in [3.05, 3.63) is 12.2 Å². The summed E-state index contributed by atoms with van der Waals surface area (Å²) in [6.07, 6.45) is 28.7. The number of nitrogens with zero attached hydrogens (tertiary/aromatic N) is 1. The molecule has 0 saturated carbocycles. The highest BCUT2D eigenvalue weighted by molar-refractivity contribution is 4.81. The predicted octanol–water partition coefficient (Wildman–Crippen LogP) is 7.52. The third kappa shape index (κ3) is 16.3. The van der Waals surface area contributed by atoms with Crippen molar-refractivity contribution < 1.29 is 4.74 Å². The van der Waals surface area contributed by atoms with Crippen LogP contribution in [0.25, 0.3) is 0 Å². The van der Waals surface area contributed by atoms with Crippen molar-refractivity contribution >= 4 is 0 Å². The molecule has 0 aromatic carbocycles. The normalized spacial score (nSPS) is 18.1. The first-order valence-electron chi connectivity index (χ1n) is 12.3. The molecule has 0 radical (unpaired) electrons. The average molecular weight is 380 g/mol. The van der Waals surface area contributed by atoms with E-state index in [9.17, 15) is 0 Å². The maximum Gasteiger partial charge on any atom is 0.0714 e. The largest absolute Gasteiger partial charge is 0.377 e. The lowest BCUT2D eigenvalue weighted by Crippen LogP contribution is -2.19. The Balaban J connectivity index is 1.69. The Hall–Kier alpha value is -0.340. The Labute approximate surface area is 171 Å². The van der Waals surface area contributed by atoms with Gasteiger partial charge in [0.1, 0.15) is 0 Å². The van der Waals surface area contributed by atoms with Gasteiger partial charge in [0.25, 0.3) is 0 Å². The van der Waals surface area contributed by atoms with Crippen molar-refractivity contribution in [1.29, 1.82) is 0 Å². The van der Waals surface area contributed by atoms with Crippen molar-refractivity contribution in [3.8, 4) is 0 Å². The maximum absolute atomic E-state index is 5.95. The van der Waals surface area contributed by atoms with Gasteiger partial charge in [-0.1, -0.05) is 89.7 Å². The SMILES string of the molecule is CCCCCCCC/C=C\CCCCCCCCCCOC1CCN(C)C1. The Kier molecular flexibility index (Phi) is 17.4. The molecule has 0 N–H and O–H groups in total. The third-order valence-electron chi connectivity index (χ3n) is 5.86. The van der Waals surface area contributed by atoms with Gasteiger partial charge in [0, 0.05) is 19.7 Å². The van der Waals surface area contributed by atoms with E-state index in [4.69, 9.17) is 4.74 Å². The first kappa shape index (κ1) is 24.7. The zero-order chi connectivity index (χ0) is 19.4. The molecule has 160 valence electrons. The molecule has 0 aromatic rings.